The topological polar surface area (TPSA) is 14.2 Å². The first-order valence-electron chi connectivity index (χ1n) is 16.4. The molecule has 7 aromatic rings. The largest absolute Gasteiger partial charge is 0.457 e. The second kappa shape index (κ2) is 9.82. The van der Waals surface area contributed by atoms with E-state index in [-0.39, 0.29) is 0 Å². The Morgan fingerprint density at radius 1 is 0.596 bits per heavy atom. The van der Waals surface area contributed by atoms with Crippen molar-refractivity contribution in [3.63, 3.8) is 0 Å². The minimum Gasteiger partial charge on any atom is -0.457 e. The van der Waals surface area contributed by atoms with Crippen LogP contribution in [0.5, 0.6) is 11.5 Å². The average Bonchev–Trinajstić information content (AvgIpc) is 3.52. The van der Waals surface area contributed by atoms with E-state index in [1.165, 1.54) is 77.9 Å². The van der Waals surface area contributed by atoms with Crippen molar-refractivity contribution < 1.29 is 4.74 Å². The standard InChI is InChI=1S/C45H31NO/c1-29-24-26-35-34-15-3-7-21-40(34)46(41(35)27-25-29)31-13-10-12-30(28-31)32-16-11-17-36-33-14-2-4-18-37(33)45(44(32)36)38-19-5-8-22-42(38)47-43-23-9-6-20-39(43)45/h2-26,28H,27H2,1H3. The number of ether oxygens (including phenoxy) is 1. The maximum absolute atomic E-state index is 6.61. The Balaban J connectivity index is 1.27. The Labute approximate surface area is 274 Å². The van der Waals surface area contributed by atoms with Crippen LogP contribution < -0.4 is 4.74 Å². The van der Waals surface area contributed by atoms with Crippen LogP contribution in [0.4, 0.5) is 0 Å². The van der Waals surface area contributed by atoms with Gasteiger partial charge < -0.3 is 9.30 Å². The molecule has 3 aliphatic rings. The summed E-state index contributed by atoms with van der Waals surface area (Å²) < 4.78 is 9.08. The van der Waals surface area contributed by atoms with Crippen LogP contribution in [0.2, 0.25) is 0 Å². The van der Waals surface area contributed by atoms with Crippen molar-refractivity contribution in [2.75, 3.05) is 0 Å². The first-order valence-corrected chi connectivity index (χ1v) is 16.4. The molecule has 0 N–H and O–H groups in total. The number of benzene rings is 6. The summed E-state index contributed by atoms with van der Waals surface area (Å²) in [6.07, 6.45) is 7.77. The molecule has 0 atom stereocenters. The van der Waals surface area contributed by atoms with Crippen molar-refractivity contribution in [1.82, 2.24) is 4.57 Å². The predicted molar refractivity (Wildman–Crippen MR) is 193 cm³/mol. The fourth-order valence-electron chi connectivity index (χ4n) is 8.51. The van der Waals surface area contributed by atoms with Gasteiger partial charge in [0.1, 0.15) is 11.5 Å². The molecule has 10 rings (SSSR count). The highest BCUT2D eigenvalue weighted by atomic mass is 16.5. The van der Waals surface area contributed by atoms with Crippen molar-refractivity contribution in [2.45, 2.75) is 18.8 Å². The summed E-state index contributed by atoms with van der Waals surface area (Å²) in [5.41, 5.74) is 15.8. The van der Waals surface area contributed by atoms with E-state index in [4.69, 9.17) is 4.74 Å². The van der Waals surface area contributed by atoms with Gasteiger partial charge in [0.05, 0.1) is 10.9 Å². The summed E-state index contributed by atoms with van der Waals surface area (Å²) in [6.45, 7) is 2.19. The zero-order valence-corrected chi connectivity index (χ0v) is 26.1. The van der Waals surface area contributed by atoms with Gasteiger partial charge in [0, 0.05) is 39.9 Å². The van der Waals surface area contributed by atoms with Gasteiger partial charge in [0.15, 0.2) is 0 Å². The maximum Gasteiger partial charge on any atom is 0.132 e. The van der Waals surface area contributed by atoms with Crippen molar-refractivity contribution in [3.05, 3.63) is 191 Å². The van der Waals surface area contributed by atoms with Crippen LogP contribution in [-0.4, -0.2) is 4.57 Å². The Bertz CT molecular complexity index is 2440. The summed E-state index contributed by atoms with van der Waals surface area (Å²) in [6, 6.07) is 50.9. The molecular formula is C45H31NO. The molecule has 1 aromatic heterocycles. The molecule has 1 aliphatic heterocycles. The molecule has 0 radical (unpaired) electrons. The Morgan fingerprint density at radius 3 is 2.09 bits per heavy atom. The van der Waals surface area contributed by atoms with Crippen LogP contribution in [0.25, 0.3) is 44.9 Å². The zero-order valence-electron chi connectivity index (χ0n) is 26.1. The average molecular weight is 602 g/mol. The fourth-order valence-corrected chi connectivity index (χ4v) is 8.51. The highest BCUT2D eigenvalue weighted by Gasteiger charge is 2.52. The lowest BCUT2D eigenvalue weighted by atomic mass is 9.64. The van der Waals surface area contributed by atoms with E-state index in [1.807, 2.05) is 0 Å². The van der Waals surface area contributed by atoms with Gasteiger partial charge in [-0.25, -0.2) is 0 Å². The molecule has 2 heterocycles. The van der Waals surface area contributed by atoms with Crippen molar-refractivity contribution >= 4 is 17.0 Å². The molecule has 2 nitrogen and oxygen atoms in total. The molecule has 0 saturated carbocycles. The summed E-state index contributed by atoms with van der Waals surface area (Å²) in [7, 11) is 0. The Kier molecular flexibility index (Phi) is 5.51. The summed E-state index contributed by atoms with van der Waals surface area (Å²) in [5.74, 6) is 1.82. The lowest BCUT2D eigenvalue weighted by Gasteiger charge is -2.40. The van der Waals surface area contributed by atoms with Gasteiger partial charge in [-0.3, -0.25) is 0 Å². The van der Waals surface area contributed by atoms with E-state index >= 15 is 0 Å². The molecule has 0 bridgehead atoms. The van der Waals surface area contributed by atoms with Gasteiger partial charge in [0.25, 0.3) is 0 Å². The SMILES string of the molecule is CC1=CCc2c(c3ccccc3n2-c2cccc(-c3cccc4c3C3(c5ccccc5Oc5ccccc53)c3ccccc3-4)c2)C=C1. The van der Waals surface area contributed by atoms with Gasteiger partial charge >= 0.3 is 0 Å². The normalized spacial score (nSPS) is 14.8. The van der Waals surface area contributed by atoms with E-state index in [0.717, 1.165) is 17.9 Å². The molecule has 222 valence electrons. The zero-order chi connectivity index (χ0) is 31.1. The highest BCUT2D eigenvalue weighted by Crippen LogP contribution is 2.63. The molecule has 0 saturated heterocycles. The quantitative estimate of drug-likeness (QED) is 0.192. The monoisotopic (exact) mass is 601 g/mol. The van der Waals surface area contributed by atoms with Crippen molar-refractivity contribution in [3.8, 4) is 39.4 Å². The van der Waals surface area contributed by atoms with E-state index in [2.05, 4.69) is 169 Å². The fraction of sp³-hybridized carbons (Fsp3) is 0.0667. The number of nitrogens with zero attached hydrogens (tertiary/aromatic N) is 1. The van der Waals surface area contributed by atoms with Crippen LogP contribution >= 0.6 is 0 Å². The molecule has 0 fully saturated rings. The van der Waals surface area contributed by atoms with Crippen LogP contribution in [0.3, 0.4) is 0 Å². The van der Waals surface area contributed by atoms with Crippen LogP contribution in [-0.2, 0) is 11.8 Å². The molecule has 0 unspecified atom stereocenters. The number of fused-ring (bicyclic) bond motifs is 12. The minimum atomic E-state index is -0.520. The lowest BCUT2D eigenvalue weighted by molar-refractivity contribution is 0.436. The number of para-hydroxylation sites is 3. The first kappa shape index (κ1) is 26.4. The summed E-state index contributed by atoms with van der Waals surface area (Å²) >= 11 is 0. The lowest BCUT2D eigenvalue weighted by Crippen LogP contribution is -2.32. The van der Waals surface area contributed by atoms with Gasteiger partial charge in [-0.1, -0.05) is 133 Å². The number of rotatable bonds is 2. The summed E-state index contributed by atoms with van der Waals surface area (Å²) in [5, 5.41) is 1.29. The Hall–Kier alpha value is -5.86. The minimum absolute atomic E-state index is 0.520. The van der Waals surface area contributed by atoms with Gasteiger partial charge in [-0.2, -0.15) is 0 Å². The molecule has 0 amide bonds. The predicted octanol–water partition coefficient (Wildman–Crippen LogP) is 11.3. The van der Waals surface area contributed by atoms with Crippen LogP contribution in [0.1, 0.15) is 40.4 Å². The van der Waals surface area contributed by atoms with Crippen LogP contribution in [0.15, 0.2) is 157 Å². The molecular weight excluding hydrogens is 571 g/mol. The molecule has 47 heavy (non-hydrogen) atoms. The van der Waals surface area contributed by atoms with Crippen LogP contribution in [0, 0.1) is 0 Å². The smallest absolute Gasteiger partial charge is 0.132 e. The molecule has 6 aromatic carbocycles. The number of hydrogen-bond donors (Lipinski definition) is 0. The number of aromatic nitrogens is 1. The molecule has 2 heteroatoms. The highest BCUT2D eigenvalue weighted by molar-refractivity contribution is 5.96. The van der Waals surface area contributed by atoms with Crippen molar-refractivity contribution in [1.29, 1.82) is 0 Å². The number of allylic oxidation sites excluding steroid dienone is 3. The molecule has 1 spiro atoms. The van der Waals surface area contributed by atoms with E-state index in [1.54, 1.807) is 0 Å². The second-order valence-corrected chi connectivity index (χ2v) is 12.9. The third-order valence-corrected chi connectivity index (χ3v) is 10.4. The summed E-state index contributed by atoms with van der Waals surface area (Å²) in [4.78, 5) is 0. The Morgan fingerprint density at radius 2 is 1.26 bits per heavy atom. The van der Waals surface area contributed by atoms with Crippen molar-refractivity contribution in [2.24, 2.45) is 0 Å². The number of hydrogen-bond acceptors (Lipinski definition) is 1. The third kappa shape index (κ3) is 3.56. The first-order chi connectivity index (χ1) is 23.2. The van der Waals surface area contributed by atoms with Gasteiger partial charge in [-0.15, -0.1) is 0 Å². The van der Waals surface area contributed by atoms with Gasteiger partial charge in [-0.05, 0) is 70.6 Å². The van der Waals surface area contributed by atoms with E-state index < -0.39 is 5.41 Å². The maximum atomic E-state index is 6.61. The van der Waals surface area contributed by atoms with E-state index in [9.17, 15) is 0 Å². The second-order valence-electron chi connectivity index (χ2n) is 12.9. The van der Waals surface area contributed by atoms with E-state index in [0.29, 0.717) is 0 Å². The third-order valence-electron chi connectivity index (χ3n) is 10.4. The van der Waals surface area contributed by atoms with Gasteiger partial charge in [0.2, 0.25) is 0 Å². The molecule has 2 aliphatic carbocycles.